The Hall–Kier alpha value is -1.61. The first kappa shape index (κ1) is 16.4. The SMILES string of the molecule is CCCCCCNC(=O)C(/C=C/c1ccccc1)OC. The summed E-state index contributed by atoms with van der Waals surface area (Å²) in [6, 6.07) is 9.89. The Morgan fingerprint density at radius 1 is 1.25 bits per heavy atom. The fourth-order valence-electron chi connectivity index (χ4n) is 1.90. The van der Waals surface area contributed by atoms with Crippen molar-refractivity contribution in [2.24, 2.45) is 0 Å². The zero-order chi connectivity index (χ0) is 14.6. The highest BCUT2D eigenvalue weighted by atomic mass is 16.5. The van der Waals surface area contributed by atoms with E-state index in [1.165, 1.54) is 12.8 Å². The third-order valence-electron chi connectivity index (χ3n) is 3.10. The number of unbranched alkanes of at least 4 members (excludes halogenated alkanes) is 3. The van der Waals surface area contributed by atoms with Crippen molar-refractivity contribution >= 4 is 12.0 Å². The van der Waals surface area contributed by atoms with Crippen LogP contribution in [0.2, 0.25) is 0 Å². The Morgan fingerprint density at radius 2 is 2.00 bits per heavy atom. The van der Waals surface area contributed by atoms with E-state index in [1.54, 1.807) is 13.2 Å². The minimum Gasteiger partial charge on any atom is -0.367 e. The second-order valence-corrected chi connectivity index (χ2v) is 4.78. The van der Waals surface area contributed by atoms with Gasteiger partial charge in [-0.3, -0.25) is 4.79 Å². The van der Waals surface area contributed by atoms with E-state index in [-0.39, 0.29) is 5.91 Å². The summed E-state index contributed by atoms with van der Waals surface area (Å²) < 4.78 is 5.21. The van der Waals surface area contributed by atoms with Crippen LogP contribution in [-0.4, -0.2) is 25.7 Å². The molecule has 1 amide bonds. The molecule has 0 radical (unpaired) electrons. The van der Waals surface area contributed by atoms with Gasteiger partial charge in [-0.2, -0.15) is 0 Å². The molecule has 110 valence electrons. The number of ether oxygens (including phenoxy) is 1. The molecule has 0 bridgehead atoms. The van der Waals surface area contributed by atoms with E-state index in [0.29, 0.717) is 0 Å². The lowest BCUT2D eigenvalue weighted by Crippen LogP contribution is -2.35. The molecule has 3 heteroatoms. The molecule has 0 aliphatic rings. The van der Waals surface area contributed by atoms with Gasteiger partial charge in [0.2, 0.25) is 0 Å². The molecule has 0 spiro atoms. The summed E-state index contributed by atoms with van der Waals surface area (Å²) >= 11 is 0. The zero-order valence-corrected chi connectivity index (χ0v) is 12.5. The third kappa shape index (κ3) is 6.53. The average molecular weight is 275 g/mol. The van der Waals surface area contributed by atoms with Gasteiger partial charge in [-0.05, 0) is 18.1 Å². The first-order valence-corrected chi connectivity index (χ1v) is 7.31. The van der Waals surface area contributed by atoms with E-state index in [1.807, 2.05) is 36.4 Å². The maximum absolute atomic E-state index is 11.9. The zero-order valence-electron chi connectivity index (χ0n) is 12.5. The van der Waals surface area contributed by atoms with Crippen LogP contribution in [0.1, 0.15) is 38.2 Å². The summed E-state index contributed by atoms with van der Waals surface area (Å²) in [4.78, 5) is 11.9. The van der Waals surface area contributed by atoms with Crippen LogP contribution >= 0.6 is 0 Å². The predicted molar refractivity (Wildman–Crippen MR) is 83.4 cm³/mol. The normalized spacial score (nSPS) is 12.5. The van der Waals surface area contributed by atoms with Crippen LogP contribution in [0.25, 0.3) is 6.08 Å². The van der Waals surface area contributed by atoms with Crippen LogP contribution in [0.3, 0.4) is 0 Å². The smallest absolute Gasteiger partial charge is 0.253 e. The maximum atomic E-state index is 11.9. The van der Waals surface area contributed by atoms with Crippen LogP contribution < -0.4 is 5.32 Å². The molecule has 1 N–H and O–H groups in total. The van der Waals surface area contributed by atoms with Gasteiger partial charge in [0.25, 0.3) is 5.91 Å². The molecule has 0 saturated heterocycles. The summed E-state index contributed by atoms with van der Waals surface area (Å²) in [6.07, 6.45) is 7.78. The van der Waals surface area contributed by atoms with Crippen LogP contribution in [-0.2, 0) is 9.53 Å². The first-order chi connectivity index (χ1) is 9.77. The van der Waals surface area contributed by atoms with Gasteiger partial charge in [0.1, 0.15) is 0 Å². The molecular formula is C17H25NO2. The molecule has 1 atom stereocenters. The van der Waals surface area contributed by atoms with E-state index in [9.17, 15) is 4.79 Å². The molecule has 20 heavy (non-hydrogen) atoms. The number of nitrogens with one attached hydrogen (secondary N) is 1. The van der Waals surface area contributed by atoms with Gasteiger partial charge < -0.3 is 10.1 Å². The van der Waals surface area contributed by atoms with Gasteiger partial charge in [-0.15, -0.1) is 0 Å². The maximum Gasteiger partial charge on any atom is 0.253 e. The highest BCUT2D eigenvalue weighted by molar-refractivity contribution is 5.83. The van der Waals surface area contributed by atoms with Gasteiger partial charge >= 0.3 is 0 Å². The molecule has 1 aromatic rings. The second kappa shape index (κ2) is 10.2. The van der Waals surface area contributed by atoms with Gasteiger partial charge in [0.05, 0.1) is 0 Å². The van der Waals surface area contributed by atoms with Gasteiger partial charge in [-0.25, -0.2) is 0 Å². The Balaban J connectivity index is 2.37. The molecule has 3 nitrogen and oxygen atoms in total. The van der Waals surface area contributed by atoms with Crippen molar-refractivity contribution in [2.45, 2.75) is 38.7 Å². The number of amides is 1. The van der Waals surface area contributed by atoms with Crippen LogP contribution in [0.4, 0.5) is 0 Å². The van der Waals surface area contributed by atoms with E-state index < -0.39 is 6.10 Å². The van der Waals surface area contributed by atoms with Crippen molar-refractivity contribution in [3.8, 4) is 0 Å². The molecule has 0 aliphatic heterocycles. The largest absolute Gasteiger partial charge is 0.367 e. The molecule has 0 heterocycles. The molecule has 0 aromatic heterocycles. The lowest BCUT2D eigenvalue weighted by Gasteiger charge is -2.11. The number of rotatable bonds is 9. The Morgan fingerprint density at radius 3 is 2.65 bits per heavy atom. The predicted octanol–water partition coefficient (Wildman–Crippen LogP) is 3.41. The number of carbonyl (C=O) groups is 1. The Kier molecular flexibility index (Phi) is 8.40. The Bertz CT molecular complexity index is 401. The summed E-state index contributed by atoms with van der Waals surface area (Å²) in [5, 5.41) is 2.91. The Labute approximate surface area is 122 Å². The molecular weight excluding hydrogens is 250 g/mol. The highest BCUT2D eigenvalue weighted by Crippen LogP contribution is 2.04. The van der Waals surface area contributed by atoms with Crippen molar-refractivity contribution in [3.05, 3.63) is 42.0 Å². The molecule has 0 fully saturated rings. The lowest BCUT2D eigenvalue weighted by molar-refractivity contribution is -0.128. The van der Waals surface area contributed by atoms with E-state index in [0.717, 1.165) is 24.9 Å². The number of hydrogen-bond donors (Lipinski definition) is 1. The summed E-state index contributed by atoms with van der Waals surface area (Å²) in [5.74, 6) is -0.0730. The third-order valence-corrected chi connectivity index (χ3v) is 3.10. The van der Waals surface area contributed by atoms with Gasteiger partial charge in [0.15, 0.2) is 6.10 Å². The average Bonchev–Trinajstić information content (AvgIpc) is 2.48. The molecule has 1 aromatic carbocycles. The standard InChI is InChI=1S/C17H25NO2/c1-3-4-5-9-14-18-17(19)16(20-2)13-12-15-10-7-6-8-11-15/h6-8,10-13,16H,3-5,9,14H2,1-2H3,(H,18,19)/b13-12+. The summed E-state index contributed by atoms with van der Waals surface area (Å²) in [5.41, 5.74) is 1.06. The minimum atomic E-state index is -0.526. The summed E-state index contributed by atoms with van der Waals surface area (Å²) in [7, 11) is 1.55. The number of hydrogen-bond acceptors (Lipinski definition) is 2. The first-order valence-electron chi connectivity index (χ1n) is 7.31. The molecule has 0 saturated carbocycles. The fourth-order valence-corrected chi connectivity index (χ4v) is 1.90. The van der Waals surface area contributed by atoms with Crippen LogP contribution in [0.15, 0.2) is 36.4 Å². The quantitative estimate of drug-likeness (QED) is 0.701. The van der Waals surface area contributed by atoms with Crippen LogP contribution in [0, 0.1) is 0 Å². The summed E-state index contributed by atoms with van der Waals surface area (Å²) in [6.45, 7) is 2.89. The highest BCUT2D eigenvalue weighted by Gasteiger charge is 2.13. The van der Waals surface area contributed by atoms with E-state index >= 15 is 0 Å². The van der Waals surface area contributed by atoms with Crippen molar-refractivity contribution in [1.82, 2.24) is 5.32 Å². The molecule has 1 unspecified atom stereocenters. The van der Waals surface area contributed by atoms with Gasteiger partial charge in [-0.1, -0.05) is 62.6 Å². The lowest BCUT2D eigenvalue weighted by atomic mass is 10.2. The topological polar surface area (TPSA) is 38.3 Å². The number of benzene rings is 1. The van der Waals surface area contributed by atoms with Crippen molar-refractivity contribution in [1.29, 1.82) is 0 Å². The van der Waals surface area contributed by atoms with Crippen molar-refractivity contribution in [3.63, 3.8) is 0 Å². The van der Waals surface area contributed by atoms with E-state index in [2.05, 4.69) is 12.2 Å². The minimum absolute atomic E-state index is 0.0730. The van der Waals surface area contributed by atoms with Crippen molar-refractivity contribution in [2.75, 3.05) is 13.7 Å². The second-order valence-electron chi connectivity index (χ2n) is 4.78. The number of methoxy groups -OCH3 is 1. The fraction of sp³-hybridized carbons (Fsp3) is 0.471. The molecule has 0 aliphatic carbocycles. The van der Waals surface area contributed by atoms with Gasteiger partial charge in [0, 0.05) is 13.7 Å². The monoisotopic (exact) mass is 275 g/mol. The van der Waals surface area contributed by atoms with Crippen molar-refractivity contribution < 1.29 is 9.53 Å². The van der Waals surface area contributed by atoms with Crippen LogP contribution in [0.5, 0.6) is 0 Å². The van der Waals surface area contributed by atoms with E-state index in [4.69, 9.17) is 4.74 Å². The number of carbonyl (C=O) groups excluding carboxylic acids is 1. The molecule has 1 rings (SSSR count).